The number of fused-ring (bicyclic) bond motifs is 1. The van der Waals surface area contributed by atoms with E-state index in [9.17, 15) is 0 Å². The highest BCUT2D eigenvalue weighted by Crippen LogP contribution is 2.30. The predicted octanol–water partition coefficient (Wildman–Crippen LogP) is 2.24. The molecule has 0 aliphatic rings. The summed E-state index contributed by atoms with van der Waals surface area (Å²) in [6, 6.07) is 5.76. The van der Waals surface area contributed by atoms with E-state index in [4.69, 9.17) is 10.5 Å². The second-order valence-corrected chi connectivity index (χ2v) is 4.90. The molecule has 0 radical (unpaired) electrons. The molecule has 0 bridgehead atoms. The van der Waals surface area contributed by atoms with Gasteiger partial charge in [0.05, 0.1) is 24.8 Å². The first-order chi connectivity index (χ1) is 10.8. The van der Waals surface area contributed by atoms with Crippen molar-refractivity contribution in [2.24, 2.45) is 5.73 Å². The fourth-order valence-corrected chi connectivity index (χ4v) is 2.36. The van der Waals surface area contributed by atoms with Crippen LogP contribution < -0.4 is 10.5 Å². The van der Waals surface area contributed by atoms with Crippen molar-refractivity contribution in [1.29, 1.82) is 0 Å². The van der Waals surface area contributed by atoms with Crippen LogP contribution in [0.3, 0.4) is 0 Å². The van der Waals surface area contributed by atoms with E-state index in [-0.39, 0.29) is 0 Å². The highest BCUT2D eigenvalue weighted by Gasteiger charge is 2.16. The van der Waals surface area contributed by atoms with Gasteiger partial charge in [-0.25, -0.2) is 9.97 Å². The minimum Gasteiger partial charge on any atom is -0.490 e. The minimum absolute atomic E-state index is 0.575. The van der Waals surface area contributed by atoms with Crippen molar-refractivity contribution >= 4 is 11.0 Å². The molecular weight excluding hydrogens is 278 g/mol. The largest absolute Gasteiger partial charge is 0.490 e. The molecule has 3 aromatic rings. The van der Waals surface area contributed by atoms with Gasteiger partial charge in [-0.3, -0.25) is 4.98 Å². The number of ether oxygens (including phenoxy) is 1. The Hall–Kier alpha value is -2.47. The fourth-order valence-electron chi connectivity index (χ4n) is 2.36. The summed E-state index contributed by atoms with van der Waals surface area (Å²) in [4.78, 5) is 13.4. The second-order valence-electron chi connectivity index (χ2n) is 4.90. The van der Waals surface area contributed by atoms with Crippen LogP contribution in [-0.4, -0.2) is 32.7 Å². The molecule has 3 aromatic heterocycles. The van der Waals surface area contributed by atoms with Gasteiger partial charge in [0, 0.05) is 12.7 Å². The molecule has 0 aliphatic carbocycles. The third-order valence-electron chi connectivity index (χ3n) is 3.46. The lowest BCUT2D eigenvalue weighted by Crippen LogP contribution is -2.07. The van der Waals surface area contributed by atoms with Crippen molar-refractivity contribution in [2.75, 3.05) is 13.2 Å². The highest BCUT2D eigenvalue weighted by atomic mass is 16.5. The monoisotopic (exact) mass is 297 g/mol. The van der Waals surface area contributed by atoms with Gasteiger partial charge in [0.2, 0.25) is 0 Å². The van der Waals surface area contributed by atoms with Crippen molar-refractivity contribution in [3.8, 4) is 17.1 Å². The number of nitrogens with two attached hydrogens (primary N) is 1. The zero-order chi connectivity index (χ0) is 15.4. The molecular formula is C16H19N5O. The standard InChI is InChI=1S/C16H19N5O/c1-2-21-11-20-15-14(12-6-3-4-8-18-12)19-10-13(16(15)21)22-9-5-7-17/h3-4,6,8,10-11H,2,5,7,9,17H2,1H3. The lowest BCUT2D eigenvalue weighted by molar-refractivity contribution is 0.314. The molecule has 0 fully saturated rings. The summed E-state index contributed by atoms with van der Waals surface area (Å²) in [6.45, 7) is 4.07. The van der Waals surface area contributed by atoms with E-state index in [1.807, 2.05) is 24.5 Å². The first-order valence-electron chi connectivity index (χ1n) is 7.43. The predicted molar refractivity (Wildman–Crippen MR) is 85.6 cm³/mol. The Kier molecular flexibility index (Phi) is 4.29. The van der Waals surface area contributed by atoms with Gasteiger partial charge in [0.1, 0.15) is 16.7 Å². The third kappa shape index (κ3) is 2.65. The van der Waals surface area contributed by atoms with Crippen LogP contribution in [0.4, 0.5) is 0 Å². The summed E-state index contributed by atoms with van der Waals surface area (Å²) < 4.78 is 7.88. The molecule has 0 aliphatic heterocycles. The van der Waals surface area contributed by atoms with Gasteiger partial charge in [-0.1, -0.05) is 6.07 Å². The normalized spacial score (nSPS) is 11.0. The van der Waals surface area contributed by atoms with Crippen molar-refractivity contribution < 1.29 is 4.74 Å². The average Bonchev–Trinajstić information content (AvgIpc) is 3.00. The van der Waals surface area contributed by atoms with E-state index in [1.165, 1.54) is 0 Å². The van der Waals surface area contributed by atoms with Crippen LogP contribution >= 0.6 is 0 Å². The van der Waals surface area contributed by atoms with Gasteiger partial charge in [-0.05, 0) is 32.0 Å². The number of imidazole rings is 1. The molecule has 0 saturated carbocycles. The van der Waals surface area contributed by atoms with Crippen LogP contribution in [0.15, 0.2) is 36.9 Å². The maximum atomic E-state index is 5.83. The molecule has 6 nitrogen and oxygen atoms in total. The molecule has 3 rings (SSSR count). The van der Waals surface area contributed by atoms with Crippen molar-refractivity contribution in [1.82, 2.24) is 19.5 Å². The molecule has 0 unspecified atom stereocenters. The first kappa shape index (κ1) is 14.5. The second kappa shape index (κ2) is 6.53. The Morgan fingerprint density at radius 3 is 2.86 bits per heavy atom. The quantitative estimate of drug-likeness (QED) is 0.706. The van der Waals surface area contributed by atoms with Gasteiger partial charge in [-0.2, -0.15) is 0 Å². The molecule has 0 spiro atoms. The molecule has 0 amide bonds. The number of aryl methyl sites for hydroxylation is 1. The first-order valence-corrected chi connectivity index (χ1v) is 7.43. The van der Waals surface area contributed by atoms with E-state index >= 15 is 0 Å². The topological polar surface area (TPSA) is 78.8 Å². The summed E-state index contributed by atoms with van der Waals surface area (Å²) in [5, 5.41) is 0. The average molecular weight is 297 g/mol. The van der Waals surface area contributed by atoms with Crippen molar-refractivity contribution in [3.63, 3.8) is 0 Å². The van der Waals surface area contributed by atoms with Crippen molar-refractivity contribution in [3.05, 3.63) is 36.9 Å². The van der Waals surface area contributed by atoms with Gasteiger partial charge in [0.15, 0.2) is 5.75 Å². The van der Waals surface area contributed by atoms with Gasteiger partial charge in [0.25, 0.3) is 0 Å². The molecule has 3 heterocycles. The zero-order valence-corrected chi connectivity index (χ0v) is 12.6. The summed E-state index contributed by atoms with van der Waals surface area (Å²) in [5.41, 5.74) is 8.86. The number of nitrogens with zero attached hydrogens (tertiary/aromatic N) is 4. The van der Waals surface area contributed by atoms with Crippen LogP contribution in [0.1, 0.15) is 13.3 Å². The molecule has 6 heteroatoms. The summed E-state index contributed by atoms with van der Waals surface area (Å²) in [7, 11) is 0. The van der Waals surface area contributed by atoms with Crippen LogP contribution in [0.2, 0.25) is 0 Å². The summed E-state index contributed by atoms with van der Waals surface area (Å²) in [5.74, 6) is 0.738. The smallest absolute Gasteiger partial charge is 0.163 e. The molecule has 0 saturated heterocycles. The van der Waals surface area contributed by atoms with Crippen LogP contribution in [0.5, 0.6) is 5.75 Å². The van der Waals surface area contributed by atoms with E-state index in [0.717, 1.165) is 41.1 Å². The van der Waals surface area contributed by atoms with E-state index < -0.39 is 0 Å². The lowest BCUT2D eigenvalue weighted by atomic mass is 10.2. The Morgan fingerprint density at radius 2 is 2.14 bits per heavy atom. The SMILES string of the molecule is CCn1cnc2c(-c3ccccn3)ncc(OCCCN)c21. The highest BCUT2D eigenvalue weighted by molar-refractivity contribution is 5.92. The molecule has 0 atom stereocenters. The molecule has 22 heavy (non-hydrogen) atoms. The Balaban J connectivity index is 2.10. The summed E-state index contributed by atoms with van der Waals surface area (Å²) in [6.07, 6.45) is 6.13. The fraction of sp³-hybridized carbons (Fsp3) is 0.312. The molecule has 2 N–H and O–H groups in total. The number of pyridine rings is 2. The Morgan fingerprint density at radius 1 is 1.23 bits per heavy atom. The summed E-state index contributed by atoms with van der Waals surface area (Å²) >= 11 is 0. The van der Waals surface area contributed by atoms with Gasteiger partial charge < -0.3 is 15.0 Å². The lowest BCUT2D eigenvalue weighted by Gasteiger charge is -2.10. The minimum atomic E-state index is 0.575. The zero-order valence-electron chi connectivity index (χ0n) is 12.6. The third-order valence-corrected chi connectivity index (χ3v) is 3.46. The van der Waals surface area contributed by atoms with Crippen LogP contribution in [-0.2, 0) is 6.54 Å². The number of hydrogen-bond donors (Lipinski definition) is 1. The molecule has 114 valence electrons. The Bertz CT molecular complexity index is 754. The van der Waals surface area contributed by atoms with Crippen molar-refractivity contribution in [2.45, 2.75) is 19.9 Å². The maximum absolute atomic E-state index is 5.83. The van der Waals surface area contributed by atoms with Gasteiger partial charge >= 0.3 is 0 Å². The maximum Gasteiger partial charge on any atom is 0.163 e. The van der Waals surface area contributed by atoms with Crippen LogP contribution in [0, 0.1) is 0 Å². The van der Waals surface area contributed by atoms with E-state index in [1.54, 1.807) is 12.4 Å². The van der Waals surface area contributed by atoms with Gasteiger partial charge in [-0.15, -0.1) is 0 Å². The van der Waals surface area contributed by atoms with Crippen LogP contribution in [0.25, 0.3) is 22.4 Å². The number of rotatable bonds is 6. The molecule has 0 aromatic carbocycles. The Labute approximate surface area is 129 Å². The number of aromatic nitrogens is 4. The number of hydrogen-bond acceptors (Lipinski definition) is 5. The van der Waals surface area contributed by atoms with E-state index in [2.05, 4.69) is 26.4 Å². The van der Waals surface area contributed by atoms with E-state index in [0.29, 0.717) is 13.2 Å².